The van der Waals surface area contributed by atoms with Crippen molar-refractivity contribution in [1.82, 2.24) is 10.2 Å². The Morgan fingerprint density at radius 3 is 2.32 bits per heavy atom. The number of ether oxygens (including phenoxy) is 2. The van der Waals surface area contributed by atoms with Crippen LogP contribution in [0.5, 0.6) is 5.75 Å². The van der Waals surface area contributed by atoms with E-state index in [1.807, 2.05) is 36.4 Å². The molecule has 0 saturated carbocycles. The average molecular weight is 585 g/mol. The summed E-state index contributed by atoms with van der Waals surface area (Å²) in [5, 5.41) is 2.06. The van der Waals surface area contributed by atoms with Gasteiger partial charge in [-0.2, -0.15) is 0 Å². The zero-order valence-electron chi connectivity index (χ0n) is 23.1. The molecule has 2 aromatic carbocycles. The van der Waals surface area contributed by atoms with Crippen molar-refractivity contribution in [3.05, 3.63) is 90.2 Å². The second-order valence-corrected chi connectivity index (χ2v) is 9.21. The molecule has 11 nitrogen and oxygen atoms in total. The molecule has 41 heavy (non-hydrogen) atoms. The third-order valence-corrected chi connectivity index (χ3v) is 5.73. The van der Waals surface area contributed by atoms with E-state index >= 15 is 0 Å². The van der Waals surface area contributed by atoms with E-state index in [0.717, 1.165) is 5.56 Å². The first kappa shape index (κ1) is 34.7. The van der Waals surface area contributed by atoms with E-state index in [9.17, 15) is 18.9 Å². The summed E-state index contributed by atoms with van der Waals surface area (Å²) in [5.41, 5.74) is 6.65. The van der Waals surface area contributed by atoms with Crippen LogP contribution in [-0.4, -0.2) is 55.2 Å². The summed E-state index contributed by atoms with van der Waals surface area (Å²) < 4.78 is 32.8. The first-order valence-corrected chi connectivity index (χ1v) is 13.4. The Morgan fingerprint density at radius 1 is 1.12 bits per heavy atom. The molecule has 1 aliphatic rings. The lowest BCUT2D eigenvalue weighted by atomic mass is 10.2. The maximum absolute atomic E-state index is 11.8. The van der Waals surface area contributed by atoms with Crippen LogP contribution < -0.4 is 15.6 Å². The fourth-order valence-corrected chi connectivity index (χ4v) is 3.62. The Balaban J connectivity index is 0.000000469. The van der Waals surface area contributed by atoms with Gasteiger partial charge in [-0.25, -0.2) is 4.52 Å². The number of benzene rings is 2. The van der Waals surface area contributed by atoms with Crippen LogP contribution in [0.3, 0.4) is 0 Å². The van der Waals surface area contributed by atoms with E-state index in [0.29, 0.717) is 24.3 Å². The molecule has 0 bridgehead atoms. The number of nitrogens with two attached hydrogens (primary N) is 1. The number of nitrogens with zero attached hydrogens (tertiary/aromatic N) is 1. The molecule has 2 amide bonds. The minimum Gasteiger partial charge on any atom is -0.460 e. The zero-order chi connectivity index (χ0) is 30.6. The van der Waals surface area contributed by atoms with Crippen molar-refractivity contribution < 1.29 is 37.5 Å². The summed E-state index contributed by atoms with van der Waals surface area (Å²) in [7, 11) is -0.574. The predicted molar refractivity (Wildman–Crippen MR) is 154 cm³/mol. The van der Waals surface area contributed by atoms with Crippen LogP contribution in [0.1, 0.15) is 19.4 Å². The molecule has 218 valence electrons. The molecule has 4 unspecified atom stereocenters. The molecular weight excluding hydrogens is 549 g/mol. The van der Waals surface area contributed by atoms with E-state index in [4.69, 9.17) is 24.3 Å². The summed E-state index contributed by atoms with van der Waals surface area (Å²) in [6.45, 7) is 3.55. The molecule has 0 fully saturated rings. The number of hydrogen-bond donors (Lipinski definition) is 2. The number of terminal acetylenes is 1. The maximum Gasteiger partial charge on any atom is 0.750 e. The molecule has 0 saturated heterocycles. The van der Waals surface area contributed by atoms with Crippen LogP contribution in [0.4, 0.5) is 0 Å². The Hall–Kier alpha value is -4.33. The molecule has 2 aromatic rings. The van der Waals surface area contributed by atoms with Gasteiger partial charge in [0, 0.05) is 23.4 Å². The fourth-order valence-electron chi connectivity index (χ4n) is 3.01. The Kier molecular flexibility index (Phi) is 16.7. The van der Waals surface area contributed by atoms with Crippen molar-refractivity contribution in [3.63, 3.8) is 0 Å². The first-order valence-electron chi connectivity index (χ1n) is 12.3. The number of imide groups is 1. The Morgan fingerprint density at radius 2 is 1.73 bits per heavy atom. The number of rotatable bonds is 12. The van der Waals surface area contributed by atoms with Gasteiger partial charge in [0.2, 0.25) is 6.41 Å². The van der Waals surface area contributed by atoms with Gasteiger partial charge in [-0.15, -0.1) is 17.4 Å². The second-order valence-electron chi connectivity index (χ2n) is 8.32. The number of esters is 1. The number of amides is 2. The van der Waals surface area contributed by atoms with Crippen LogP contribution in [0, 0.1) is 12.8 Å². The average Bonchev–Trinajstić information content (AvgIpc) is 3.47. The van der Waals surface area contributed by atoms with Gasteiger partial charge in [0.05, 0.1) is 0 Å². The van der Waals surface area contributed by atoms with E-state index in [1.54, 1.807) is 68.4 Å². The third kappa shape index (κ3) is 14.0. The lowest BCUT2D eigenvalue weighted by Crippen LogP contribution is -2.30. The summed E-state index contributed by atoms with van der Waals surface area (Å²) in [4.78, 5) is 34.5. The summed E-state index contributed by atoms with van der Waals surface area (Å²) >= 11 is 0. The highest BCUT2D eigenvalue weighted by Crippen LogP contribution is 2.28. The van der Waals surface area contributed by atoms with Gasteiger partial charge in [-0.05, 0) is 37.6 Å². The van der Waals surface area contributed by atoms with Crippen LogP contribution in [0.2, 0.25) is 0 Å². The molecule has 0 aromatic heterocycles. The topological polar surface area (TPSA) is 146 Å². The third-order valence-electron chi connectivity index (χ3n) is 5.01. The molecular formula is C29H35N3O8P+. The second kappa shape index (κ2) is 19.7. The molecule has 0 aliphatic carbocycles. The number of likely N-dealkylation sites (N-methyl/N-ethyl adjacent to an activating group) is 1. The van der Waals surface area contributed by atoms with Gasteiger partial charge < -0.3 is 20.1 Å². The van der Waals surface area contributed by atoms with Gasteiger partial charge in [-0.1, -0.05) is 54.6 Å². The molecule has 4 atom stereocenters. The zero-order valence-corrected chi connectivity index (χ0v) is 24.0. The minimum atomic E-state index is -2.30. The number of hydrogen-bond acceptors (Lipinski definition) is 10. The van der Waals surface area contributed by atoms with E-state index < -0.39 is 32.5 Å². The van der Waals surface area contributed by atoms with Crippen molar-refractivity contribution in [3.8, 4) is 18.6 Å². The Bertz CT molecular complexity index is 1190. The summed E-state index contributed by atoms with van der Waals surface area (Å²) in [5.74, 6) is -0.393. The van der Waals surface area contributed by atoms with Crippen molar-refractivity contribution in [2.45, 2.75) is 38.8 Å². The number of carbonyl (C=O) groups is 3. The monoisotopic (exact) mass is 584 g/mol. The van der Waals surface area contributed by atoms with Gasteiger partial charge in [0.1, 0.15) is 31.6 Å². The number of carbonyl (C=O) groups excluding carboxylic acids is 3. The molecule has 1 heterocycles. The van der Waals surface area contributed by atoms with Crippen molar-refractivity contribution in [2.24, 2.45) is 5.73 Å². The normalized spacial score (nSPS) is 16.4. The predicted octanol–water partition coefficient (Wildman–Crippen LogP) is 3.46. The lowest BCUT2D eigenvalue weighted by Gasteiger charge is -2.22. The van der Waals surface area contributed by atoms with Crippen LogP contribution in [0.15, 0.2) is 84.6 Å². The molecule has 0 radical (unpaired) electrons. The van der Waals surface area contributed by atoms with Gasteiger partial charge in [0.15, 0.2) is 5.75 Å². The quantitative estimate of drug-likeness (QED) is 0.0950. The number of nitrogens with one attached hydrogen (secondary N) is 1. The van der Waals surface area contributed by atoms with Crippen LogP contribution >= 0.6 is 8.25 Å². The molecule has 3 N–H and O–H groups in total. The lowest BCUT2D eigenvalue weighted by molar-refractivity contribution is -0.146. The molecule has 1 aliphatic heterocycles. The van der Waals surface area contributed by atoms with Crippen LogP contribution in [0.25, 0.3) is 0 Å². The first-order chi connectivity index (χ1) is 19.7. The standard InChI is InChI=1S/C17H19N2O6P.C10H13NO2.C2H2/c1-13(17(21)18-12-20)10-19(2)16-9-8-15(24-16)11-23-26(22)25-14-6-4-3-5-7-14;1-8(11)10(12)13-7-9-5-3-2-4-6-9;1-2/h3-10,12,15-16H,11H2,1-2H3;2-6,8H,7,11H2,1H3;1-2H/p+1/b13-10-;;. The van der Waals surface area contributed by atoms with Gasteiger partial charge in [-0.3, -0.25) is 19.7 Å². The van der Waals surface area contributed by atoms with E-state index in [1.165, 1.54) is 0 Å². The number of para-hydroxylation sites is 1. The molecule has 12 heteroatoms. The molecule has 3 rings (SSSR count). The largest absolute Gasteiger partial charge is 0.750 e. The highest BCUT2D eigenvalue weighted by Gasteiger charge is 2.28. The highest BCUT2D eigenvalue weighted by atomic mass is 31.1. The van der Waals surface area contributed by atoms with Crippen LogP contribution in [-0.2, 0) is 39.6 Å². The smallest absolute Gasteiger partial charge is 0.460 e. The Labute approximate surface area is 241 Å². The fraction of sp³-hybridized carbons (Fsp3) is 0.276. The van der Waals surface area contributed by atoms with Gasteiger partial charge in [0.25, 0.3) is 5.91 Å². The SMILES string of the molecule is C#C.C/C(=C/N(C)C1C=CC(CO[P+](=O)Oc2ccccc2)O1)C(=O)NC=O.CC(N)C(=O)OCc1ccccc1. The van der Waals surface area contributed by atoms with E-state index in [-0.39, 0.29) is 12.6 Å². The van der Waals surface area contributed by atoms with Crippen molar-refractivity contribution in [1.29, 1.82) is 0 Å². The summed E-state index contributed by atoms with van der Waals surface area (Å²) in [6, 6.07) is 17.7. The van der Waals surface area contributed by atoms with E-state index in [2.05, 4.69) is 18.2 Å². The molecule has 0 spiro atoms. The van der Waals surface area contributed by atoms with Crippen molar-refractivity contribution in [2.75, 3.05) is 13.7 Å². The van der Waals surface area contributed by atoms with Gasteiger partial charge >= 0.3 is 14.2 Å². The highest BCUT2D eigenvalue weighted by molar-refractivity contribution is 7.33. The summed E-state index contributed by atoms with van der Waals surface area (Å²) in [6.07, 6.45) is 12.7. The maximum atomic E-state index is 11.8. The minimum absolute atomic E-state index is 0.0667. The van der Waals surface area contributed by atoms with Crippen molar-refractivity contribution >= 4 is 26.5 Å².